The van der Waals surface area contributed by atoms with Gasteiger partial charge in [-0.05, 0) is 32.1 Å². The number of hydrogen-bond donors (Lipinski definition) is 4. The van der Waals surface area contributed by atoms with Crippen molar-refractivity contribution in [3.63, 3.8) is 0 Å². The summed E-state index contributed by atoms with van der Waals surface area (Å²) in [4.78, 5) is 10.6. The van der Waals surface area contributed by atoms with Gasteiger partial charge in [-0.2, -0.15) is 0 Å². The second kappa shape index (κ2) is 14.3. The predicted molar refractivity (Wildman–Crippen MR) is 109 cm³/mol. The maximum atomic E-state index is 10.6. The van der Waals surface area contributed by atoms with E-state index in [9.17, 15) is 20.1 Å². The van der Waals surface area contributed by atoms with Gasteiger partial charge in [0.05, 0.1) is 24.4 Å². The first-order valence-electron chi connectivity index (χ1n) is 9.98. The lowest BCUT2D eigenvalue weighted by atomic mass is 10.0. The van der Waals surface area contributed by atoms with Crippen molar-refractivity contribution in [2.75, 3.05) is 0 Å². The molecule has 158 valence electrons. The summed E-state index contributed by atoms with van der Waals surface area (Å²) in [6, 6.07) is 0. The molecule has 1 rings (SSSR count). The zero-order valence-corrected chi connectivity index (χ0v) is 16.6. The molecule has 0 aromatic heterocycles. The number of aliphatic hydroxyl groups excluding tert-OH is 3. The van der Waals surface area contributed by atoms with E-state index in [1.165, 1.54) is 0 Å². The third-order valence-corrected chi connectivity index (χ3v) is 4.45. The smallest absolute Gasteiger partial charge is 0.303 e. The second-order valence-electron chi connectivity index (χ2n) is 6.92. The van der Waals surface area contributed by atoms with Crippen LogP contribution in [0.4, 0.5) is 0 Å². The molecule has 0 aromatic rings. The summed E-state index contributed by atoms with van der Waals surface area (Å²) in [6.07, 6.45) is 15.4. The van der Waals surface area contributed by atoms with Gasteiger partial charge >= 0.3 is 5.97 Å². The maximum absolute atomic E-state index is 10.6. The number of aliphatic carboxylic acids is 1. The van der Waals surface area contributed by atoms with Crippen LogP contribution < -0.4 is 0 Å². The van der Waals surface area contributed by atoms with Crippen molar-refractivity contribution < 1.29 is 30.0 Å². The van der Waals surface area contributed by atoms with Crippen molar-refractivity contribution in [1.29, 1.82) is 0 Å². The largest absolute Gasteiger partial charge is 0.481 e. The van der Waals surface area contributed by atoms with E-state index in [1.54, 1.807) is 12.2 Å². The zero-order chi connectivity index (χ0) is 20.8. The topological polar surface area (TPSA) is 107 Å². The van der Waals surface area contributed by atoms with Gasteiger partial charge in [0.2, 0.25) is 0 Å². The molecular weight excluding hydrogens is 360 g/mol. The molecule has 5 atom stereocenters. The quantitative estimate of drug-likeness (QED) is 0.358. The van der Waals surface area contributed by atoms with Crippen LogP contribution in [0.2, 0.25) is 0 Å². The van der Waals surface area contributed by atoms with E-state index < -0.39 is 36.5 Å². The fourth-order valence-corrected chi connectivity index (χ4v) is 2.86. The zero-order valence-electron chi connectivity index (χ0n) is 16.6. The van der Waals surface area contributed by atoms with E-state index in [-0.39, 0.29) is 19.3 Å². The van der Waals surface area contributed by atoms with Crippen LogP contribution in [0.1, 0.15) is 51.9 Å². The molecule has 0 unspecified atom stereocenters. The first-order valence-corrected chi connectivity index (χ1v) is 9.98. The van der Waals surface area contributed by atoms with Crippen molar-refractivity contribution in [3.05, 3.63) is 48.6 Å². The molecule has 4 N–H and O–H groups in total. The Morgan fingerprint density at radius 1 is 1.11 bits per heavy atom. The lowest BCUT2D eigenvalue weighted by Gasteiger charge is -2.17. The molecule has 1 fully saturated rings. The molecule has 6 heteroatoms. The Kier molecular flexibility index (Phi) is 12.4. The molecule has 0 aliphatic carbocycles. The lowest BCUT2D eigenvalue weighted by molar-refractivity contribution is -0.138. The fraction of sp³-hybridized carbons (Fsp3) is 0.591. The number of carboxylic acid groups (broad SMARTS) is 1. The Bertz CT molecular complexity index is 551. The van der Waals surface area contributed by atoms with Crippen LogP contribution in [0.3, 0.4) is 0 Å². The van der Waals surface area contributed by atoms with Crippen LogP contribution in [0.25, 0.3) is 0 Å². The van der Waals surface area contributed by atoms with E-state index in [2.05, 4.69) is 31.2 Å². The lowest BCUT2D eigenvalue weighted by Crippen LogP contribution is -2.26. The van der Waals surface area contributed by atoms with Crippen LogP contribution in [0, 0.1) is 0 Å². The van der Waals surface area contributed by atoms with Crippen LogP contribution in [-0.2, 0) is 9.53 Å². The van der Waals surface area contributed by atoms with Gasteiger partial charge < -0.3 is 25.2 Å². The first kappa shape index (κ1) is 24.3. The monoisotopic (exact) mass is 394 g/mol. The number of hydrogen-bond acceptors (Lipinski definition) is 5. The van der Waals surface area contributed by atoms with Crippen LogP contribution >= 0.6 is 0 Å². The highest BCUT2D eigenvalue weighted by molar-refractivity contribution is 5.66. The average Bonchev–Trinajstić information content (AvgIpc) is 3.04. The number of allylic oxidation sites excluding steroid dienone is 5. The molecule has 0 radical (unpaired) electrons. The summed E-state index contributed by atoms with van der Waals surface area (Å²) >= 11 is 0. The minimum Gasteiger partial charge on any atom is -0.481 e. The molecular formula is C22H34O6. The summed E-state index contributed by atoms with van der Waals surface area (Å²) in [5.74, 6) is -0.978. The van der Waals surface area contributed by atoms with Gasteiger partial charge in [0.25, 0.3) is 0 Å². The third kappa shape index (κ3) is 10.6. The van der Waals surface area contributed by atoms with Crippen molar-refractivity contribution in [3.8, 4) is 0 Å². The van der Waals surface area contributed by atoms with Gasteiger partial charge in [-0.25, -0.2) is 0 Å². The summed E-state index contributed by atoms with van der Waals surface area (Å²) in [5.41, 5.74) is 0. The number of carboxylic acids is 1. The van der Waals surface area contributed by atoms with Crippen molar-refractivity contribution in [2.24, 2.45) is 0 Å². The Morgan fingerprint density at radius 3 is 2.39 bits per heavy atom. The molecule has 1 heterocycles. The minimum atomic E-state index is -0.978. The van der Waals surface area contributed by atoms with Crippen LogP contribution in [-0.4, -0.2) is 56.9 Å². The summed E-state index contributed by atoms with van der Waals surface area (Å²) < 4.78 is 5.59. The van der Waals surface area contributed by atoms with Gasteiger partial charge in [-0.1, -0.05) is 55.5 Å². The highest BCUT2D eigenvalue weighted by Crippen LogP contribution is 2.25. The molecule has 1 saturated heterocycles. The normalized spacial score (nSPS) is 25.5. The van der Waals surface area contributed by atoms with Gasteiger partial charge in [-0.15, -0.1) is 0 Å². The van der Waals surface area contributed by atoms with Gasteiger partial charge in [0.1, 0.15) is 6.10 Å². The van der Waals surface area contributed by atoms with Gasteiger partial charge in [0.15, 0.2) is 0 Å². The number of carbonyl (C=O) groups is 1. The Labute approximate surface area is 167 Å². The first-order chi connectivity index (χ1) is 13.4. The van der Waals surface area contributed by atoms with E-state index >= 15 is 0 Å². The standard InChI is InChI=1S/C22H34O6/c1-2-3-4-5-6-7-8-9-10-11-17(23)12-14-20-19(25)16-21(28-20)18(24)13-15-22(26)27/h3-4,6-7,9-10,12,14,17-21,23-25H,2,5,8,11,13,15-16H2,1H3,(H,26,27)/b4-3-,7-6-,10-9-,14-12+/t17-,18-,19-,20-,21-/m1/s1. The maximum Gasteiger partial charge on any atom is 0.303 e. The van der Waals surface area contributed by atoms with E-state index in [0.717, 1.165) is 19.3 Å². The molecule has 0 amide bonds. The molecule has 0 bridgehead atoms. The Morgan fingerprint density at radius 2 is 1.75 bits per heavy atom. The van der Waals surface area contributed by atoms with E-state index in [0.29, 0.717) is 6.42 Å². The Hall–Kier alpha value is -1.73. The second-order valence-corrected chi connectivity index (χ2v) is 6.92. The average molecular weight is 395 g/mol. The summed E-state index contributed by atoms with van der Waals surface area (Å²) in [6.45, 7) is 2.10. The highest BCUT2D eigenvalue weighted by Gasteiger charge is 2.36. The summed E-state index contributed by atoms with van der Waals surface area (Å²) in [7, 11) is 0. The molecule has 6 nitrogen and oxygen atoms in total. The number of rotatable bonds is 13. The molecule has 0 aromatic carbocycles. The van der Waals surface area contributed by atoms with Gasteiger partial charge in [-0.3, -0.25) is 4.79 Å². The third-order valence-electron chi connectivity index (χ3n) is 4.45. The molecule has 0 saturated carbocycles. The van der Waals surface area contributed by atoms with Crippen molar-refractivity contribution >= 4 is 5.97 Å². The minimum absolute atomic E-state index is 0.0832. The predicted octanol–water partition coefficient (Wildman–Crippen LogP) is 2.90. The fourth-order valence-electron chi connectivity index (χ4n) is 2.86. The van der Waals surface area contributed by atoms with Crippen LogP contribution in [0.15, 0.2) is 48.6 Å². The Balaban J connectivity index is 2.29. The number of ether oxygens (including phenoxy) is 1. The van der Waals surface area contributed by atoms with Crippen molar-refractivity contribution in [1.82, 2.24) is 0 Å². The van der Waals surface area contributed by atoms with Crippen LogP contribution in [0.5, 0.6) is 0 Å². The molecule has 0 spiro atoms. The highest BCUT2D eigenvalue weighted by atomic mass is 16.5. The SMILES string of the molecule is CC/C=C\C/C=C\C/C=C\C[C@@H](O)/C=C/[C@H]1O[C@@H]([C@H](O)CCC(=O)O)C[C@H]1O. The molecule has 1 aliphatic heterocycles. The van der Waals surface area contributed by atoms with E-state index in [1.807, 2.05) is 12.2 Å². The molecule has 28 heavy (non-hydrogen) atoms. The van der Waals surface area contributed by atoms with Crippen molar-refractivity contribution in [2.45, 2.75) is 82.4 Å². The van der Waals surface area contributed by atoms with Gasteiger partial charge in [0, 0.05) is 12.8 Å². The molecule has 1 aliphatic rings. The van der Waals surface area contributed by atoms with E-state index in [4.69, 9.17) is 9.84 Å². The summed E-state index contributed by atoms with van der Waals surface area (Å²) in [5, 5.41) is 38.7. The number of aliphatic hydroxyl groups is 3.